The first-order chi connectivity index (χ1) is 14.8. The van der Waals surface area contributed by atoms with E-state index >= 15 is 0 Å². The molecular weight excluding hydrogens is 378 g/mol. The van der Waals surface area contributed by atoms with Gasteiger partial charge in [-0.3, -0.25) is 4.79 Å². The maximum absolute atomic E-state index is 12.9. The maximum Gasteiger partial charge on any atom is 0.317 e. The lowest BCUT2D eigenvalue weighted by atomic mass is 10.0. The number of aliphatic imine (C=N–C) groups is 1. The smallest absolute Gasteiger partial charge is 0.317 e. The largest absolute Gasteiger partial charge is 0.403 e. The van der Waals surface area contributed by atoms with Crippen molar-refractivity contribution in [3.8, 4) is 11.5 Å². The zero-order chi connectivity index (χ0) is 20.3. The van der Waals surface area contributed by atoms with Crippen molar-refractivity contribution in [1.82, 2.24) is 10.2 Å². The Morgan fingerprint density at radius 1 is 0.800 bits per heavy atom. The molecule has 7 heteroatoms. The van der Waals surface area contributed by atoms with Crippen LogP contribution in [-0.2, 0) is 4.79 Å². The SMILES string of the molecule is O=C1Nc2ccccc2C(c2ccccc2)=NC1Nc1nnc(-c2ccccc2)o1. The van der Waals surface area contributed by atoms with Crippen LogP contribution in [0.5, 0.6) is 0 Å². The number of nitrogens with one attached hydrogen (secondary N) is 2. The Hall–Kier alpha value is -4.26. The van der Waals surface area contributed by atoms with E-state index in [2.05, 4.69) is 20.8 Å². The molecule has 1 unspecified atom stereocenters. The Kier molecular flexibility index (Phi) is 4.53. The van der Waals surface area contributed by atoms with E-state index in [0.717, 1.165) is 16.7 Å². The van der Waals surface area contributed by atoms with Crippen molar-refractivity contribution in [3.05, 3.63) is 96.1 Å². The summed E-state index contributed by atoms with van der Waals surface area (Å²) in [6.07, 6.45) is -0.934. The first-order valence-corrected chi connectivity index (χ1v) is 9.47. The third-order valence-corrected chi connectivity index (χ3v) is 4.70. The van der Waals surface area contributed by atoms with Crippen LogP contribution < -0.4 is 10.6 Å². The molecule has 1 amide bonds. The quantitative estimate of drug-likeness (QED) is 0.546. The minimum atomic E-state index is -0.934. The summed E-state index contributed by atoms with van der Waals surface area (Å²) in [5.41, 5.74) is 3.94. The number of carbonyl (C=O) groups is 1. The first-order valence-electron chi connectivity index (χ1n) is 9.47. The standard InChI is InChI=1S/C23H17N5O2/c29-21-20(26-23-28-27-22(30-23)16-11-5-2-6-12-16)25-19(15-9-3-1-4-10-15)17-13-7-8-14-18(17)24-21/h1-14,20H,(H,24,29)(H,26,28). The van der Waals surface area contributed by atoms with Crippen molar-refractivity contribution in [2.75, 3.05) is 10.6 Å². The number of benzodiazepines with no additional fused rings is 1. The van der Waals surface area contributed by atoms with Gasteiger partial charge in [0.15, 0.2) is 0 Å². The van der Waals surface area contributed by atoms with Crippen LogP contribution >= 0.6 is 0 Å². The van der Waals surface area contributed by atoms with Crippen molar-refractivity contribution in [2.24, 2.45) is 4.99 Å². The molecule has 4 aromatic rings. The lowest BCUT2D eigenvalue weighted by molar-refractivity contribution is -0.116. The fourth-order valence-corrected chi connectivity index (χ4v) is 3.28. The summed E-state index contributed by atoms with van der Waals surface area (Å²) in [5, 5.41) is 14.0. The predicted octanol–water partition coefficient (Wildman–Crippen LogP) is 3.96. The van der Waals surface area contributed by atoms with Gasteiger partial charge in [-0.25, -0.2) is 4.99 Å². The van der Waals surface area contributed by atoms with Crippen LogP contribution in [-0.4, -0.2) is 28.0 Å². The second-order valence-corrected chi connectivity index (χ2v) is 6.70. The van der Waals surface area contributed by atoms with Crippen LogP contribution in [0.2, 0.25) is 0 Å². The average Bonchev–Trinajstić information content (AvgIpc) is 3.21. The molecule has 2 N–H and O–H groups in total. The molecule has 0 fully saturated rings. The summed E-state index contributed by atoms with van der Waals surface area (Å²) in [6, 6.07) is 26.9. The number of benzene rings is 3. The van der Waals surface area contributed by atoms with E-state index in [9.17, 15) is 4.79 Å². The molecule has 7 nitrogen and oxygen atoms in total. The van der Waals surface area contributed by atoms with E-state index in [1.807, 2.05) is 84.9 Å². The minimum absolute atomic E-state index is 0.121. The van der Waals surface area contributed by atoms with E-state index in [1.54, 1.807) is 0 Å². The second kappa shape index (κ2) is 7.63. The summed E-state index contributed by atoms with van der Waals surface area (Å²) < 4.78 is 5.70. The molecule has 1 aromatic heterocycles. The number of hydrogen-bond acceptors (Lipinski definition) is 6. The van der Waals surface area contributed by atoms with Crippen LogP contribution in [0.15, 0.2) is 94.3 Å². The van der Waals surface area contributed by atoms with Gasteiger partial charge in [-0.2, -0.15) is 0 Å². The van der Waals surface area contributed by atoms with E-state index in [1.165, 1.54) is 0 Å². The summed E-state index contributed by atoms with van der Waals surface area (Å²) >= 11 is 0. The van der Waals surface area contributed by atoms with Crippen LogP contribution in [0.1, 0.15) is 11.1 Å². The van der Waals surface area contributed by atoms with E-state index in [-0.39, 0.29) is 11.9 Å². The van der Waals surface area contributed by atoms with Crippen molar-refractivity contribution < 1.29 is 9.21 Å². The maximum atomic E-state index is 12.9. The van der Waals surface area contributed by atoms with Gasteiger partial charge in [0.2, 0.25) is 12.1 Å². The van der Waals surface area contributed by atoms with Crippen LogP contribution in [0, 0.1) is 0 Å². The molecule has 5 rings (SSSR count). The Bertz CT molecular complexity index is 1220. The highest BCUT2D eigenvalue weighted by molar-refractivity contribution is 6.19. The summed E-state index contributed by atoms with van der Waals surface area (Å²) in [7, 11) is 0. The fraction of sp³-hybridized carbons (Fsp3) is 0.0435. The molecule has 0 aliphatic carbocycles. The lowest BCUT2D eigenvalue weighted by Gasteiger charge is -2.11. The number of fused-ring (bicyclic) bond motifs is 1. The number of hydrogen-bond donors (Lipinski definition) is 2. The highest BCUT2D eigenvalue weighted by atomic mass is 16.4. The van der Waals surface area contributed by atoms with Gasteiger partial charge in [0.25, 0.3) is 5.91 Å². The van der Waals surface area contributed by atoms with Gasteiger partial charge in [-0.05, 0) is 18.2 Å². The van der Waals surface area contributed by atoms with E-state index in [0.29, 0.717) is 17.3 Å². The summed E-state index contributed by atoms with van der Waals surface area (Å²) in [5.74, 6) is 0.0514. The Morgan fingerprint density at radius 2 is 1.47 bits per heavy atom. The van der Waals surface area contributed by atoms with Crippen LogP contribution in [0.3, 0.4) is 0 Å². The number of nitrogens with zero attached hydrogens (tertiary/aromatic N) is 3. The van der Waals surface area contributed by atoms with Crippen molar-refractivity contribution in [2.45, 2.75) is 6.17 Å². The Labute approximate surface area is 172 Å². The molecule has 0 saturated heterocycles. The van der Waals surface area contributed by atoms with Crippen molar-refractivity contribution >= 4 is 23.3 Å². The molecule has 0 radical (unpaired) electrons. The number of amides is 1. The zero-order valence-corrected chi connectivity index (χ0v) is 15.8. The van der Waals surface area contributed by atoms with Gasteiger partial charge in [0.1, 0.15) is 0 Å². The number of para-hydroxylation sites is 1. The van der Waals surface area contributed by atoms with Gasteiger partial charge in [-0.15, -0.1) is 5.10 Å². The third kappa shape index (κ3) is 3.44. The molecule has 1 aliphatic rings. The molecule has 30 heavy (non-hydrogen) atoms. The molecule has 2 heterocycles. The van der Waals surface area contributed by atoms with Crippen molar-refractivity contribution in [1.29, 1.82) is 0 Å². The second-order valence-electron chi connectivity index (χ2n) is 6.70. The van der Waals surface area contributed by atoms with Gasteiger partial charge in [-0.1, -0.05) is 71.8 Å². The normalized spacial score (nSPS) is 15.5. The van der Waals surface area contributed by atoms with Gasteiger partial charge >= 0.3 is 6.01 Å². The molecule has 0 saturated carbocycles. The minimum Gasteiger partial charge on any atom is -0.403 e. The zero-order valence-electron chi connectivity index (χ0n) is 15.8. The number of rotatable bonds is 4. The third-order valence-electron chi connectivity index (χ3n) is 4.70. The van der Waals surface area contributed by atoms with Crippen LogP contribution in [0.4, 0.5) is 11.7 Å². The molecule has 0 spiro atoms. The summed E-state index contributed by atoms with van der Waals surface area (Å²) in [4.78, 5) is 17.6. The number of anilines is 2. The van der Waals surface area contributed by atoms with Gasteiger partial charge < -0.3 is 15.1 Å². The van der Waals surface area contributed by atoms with Crippen molar-refractivity contribution in [3.63, 3.8) is 0 Å². The highest BCUT2D eigenvalue weighted by Gasteiger charge is 2.27. The highest BCUT2D eigenvalue weighted by Crippen LogP contribution is 2.25. The number of carbonyl (C=O) groups excluding carboxylic acids is 1. The topological polar surface area (TPSA) is 92.4 Å². The molecule has 3 aromatic carbocycles. The Balaban J connectivity index is 1.51. The predicted molar refractivity (Wildman–Crippen MR) is 114 cm³/mol. The number of aromatic nitrogens is 2. The van der Waals surface area contributed by atoms with Gasteiger partial charge in [0, 0.05) is 16.7 Å². The summed E-state index contributed by atoms with van der Waals surface area (Å²) in [6.45, 7) is 0. The fourth-order valence-electron chi connectivity index (χ4n) is 3.28. The first kappa shape index (κ1) is 17.8. The molecular formula is C23H17N5O2. The molecule has 146 valence electrons. The van der Waals surface area contributed by atoms with E-state index < -0.39 is 6.17 Å². The molecule has 0 bridgehead atoms. The Morgan fingerprint density at radius 3 is 2.23 bits per heavy atom. The average molecular weight is 395 g/mol. The molecule has 1 aliphatic heterocycles. The molecule has 1 atom stereocenters. The van der Waals surface area contributed by atoms with Gasteiger partial charge in [0.05, 0.1) is 11.4 Å². The monoisotopic (exact) mass is 395 g/mol. The van der Waals surface area contributed by atoms with Crippen LogP contribution in [0.25, 0.3) is 11.5 Å². The lowest BCUT2D eigenvalue weighted by Crippen LogP contribution is -2.32. The van der Waals surface area contributed by atoms with E-state index in [4.69, 9.17) is 9.41 Å².